The molecule has 2 amide bonds. The average molecular weight is 264 g/mol. The molecule has 6 heteroatoms. The quantitative estimate of drug-likeness (QED) is 0.473. The molecule has 1 saturated heterocycles. The van der Waals surface area contributed by atoms with Crippen molar-refractivity contribution in [3.8, 4) is 5.75 Å². The Morgan fingerprint density at radius 1 is 1.16 bits per heavy atom. The molecule has 2 N–H and O–H groups in total. The van der Waals surface area contributed by atoms with E-state index in [1.165, 1.54) is 4.90 Å². The van der Waals surface area contributed by atoms with Crippen molar-refractivity contribution >= 4 is 17.5 Å². The van der Waals surface area contributed by atoms with Gasteiger partial charge in [0.15, 0.2) is 0 Å². The number of nitrogens with zero attached hydrogens (tertiary/aromatic N) is 1. The highest BCUT2D eigenvalue weighted by molar-refractivity contribution is 5.98. The zero-order valence-corrected chi connectivity index (χ0v) is 10.5. The minimum atomic E-state index is -0.288. The fourth-order valence-electron chi connectivity index (χ4n) is 1.75. The van der Waals surface area contributed by atoms with Crippen LogP contribution in [0, 0.1) is 0 Å². The van der Waals surface area contributed by atoms with E-state index in [0.29, 0.717) is 31.0 Å². The zero-order chi connectivity index (χ0) is 13.7. The summed E-state index contributed by atoms with van der Waals surface area (Å²) in [5.74, 6) is 0.140. The number of anilines is 1. The van der Waals surface area contributed by atoms with E-state index < -0.39 is 0 Å². The third-order valence-corrected chi connectivity index (χ3v) is 2.73. The van der Waals surface area contributed by atoms with Crippen LogP contribution in [0.25, 0.3) is 0 Å². The SMILES string of the molecule is Nc1ccc(OCCCN2C(=O)COCC2=O)cc1. The highest BCUT2D eigenvalue weighted by Crippen LogP contribution is 2.13. The molecule has 0 aliphatic carbocycles. The Hall–Kier alpha value is -2.08. The van der Waals surface area contributed by atoms with Crippen LogP contribution in [0.4, 0.5) is 5.69 Å². The second-order valence-electron chi connectivity index (χ2n) is 4.20. The van der Waals surface area contributed by atoms with Crippen molar-refractivity contribution in [2.24, 2.45) is 0 Å². The van der Waals surface area contributed by atoms with Gasteiger partial charge in [0.1, 0.15) is 19.0 Å². The van der Waals surface area contributed by atoms with Crippen molar-refractivity contribution in [3.63, 3.8) is 0 Å². The van der Waals surface area contributed by atoms with Crippen molar-refractivity contribution in [1.29, 1.82) is 0 Å². The van der Waals surface area contributed by atoms with Crippen LogP contribution in [0.15, 0.2) is 24.3 Å². The van der Waals surface area contributed by atoms with E-state index in [-0.39, 0.29) is 25.0 Å². The van der Waals surface area contributed by atoms with E-state index in [4.69, 9.17) is 15.2 Å². The molecule has 0 radical (unpaired) electrons. The summed E-state index contributed by atoms with van der Waals surface area (Å²) in [5, 5.41) is 0. The second-order valence-corrected chi connectivity index (χ2v) is 4.20. The van der Waals surface area contributed by atoms with Crippen LogP contribution in [0.5, 0.6) is 5.75 Å². The number of amides is 2. The number of nitrogen functional groups attached to an aromatic ring is 1. The first-order chi connectivity index (χ1) is 9.16. The number of imide groups is 1. The van der Waals surface area contributed by atoms with Gasteiger partial charge in [-0.3, -0.25) is 14.5 Å². The Balaban J connectivity index is 1.73. The summed E-state index contributed by atoms with van der Waals surface area (Å²) < 4.78 is 10.3. The molecule has 2 rings (SSSR count). The van der Waals surface area contributed by atoms with Crippen LogP contribution in [-0.4, -0.2) is 43.1 Å². The second kappa shape index (κ2) is 6.19. The lowest BCUT2D eigenvalue weighted by atomic mass is 10.3. The molecule has 0 unspecified atom stereocenters. The topological polar surface area (TPSA) is 81.9 Å². The van der Waals surface area contributed by atoms with Gasteiger partial charge in [0.25, 0.3) is 11.8 Å². The molecule has 1 aliphatic rings. The van der Waals surface area contributed by atoms with Crippen LogP contribution in [0.1, 0.15) is 6.42 Å². The predicted molar refractivity (Wildman–Crippen MR) is 68.5 cm³/mol. The summed E-state index contributed by atoms with van der Waals surface area (Å²) in [5.41, 5.74) is 6.24. The van der Waals surface area contributed by atoms with Gasteiger partial charge < -0.3 is 15.2 Å². The lowest BCUT2D eigenvalue weighted by Gasteiger charge is -2.24. The molecular formula is C13H16N2O4. The minimum Gasteiger partial charge on any atom is -0.494 e. The highest BCUT2D eigenvalue weighted by Gasteiger charge is 2.25. The Kier molecular flexibility index (Phi) is 4.35. The lowest BCUT2D eigenvalue weighted by molar-refractivity contribution is -0.158. The van der Waals surface area contributed by atoms with Gasteiger partial charge in [-0.15, -0.1) is 0 Å². The fourth-order valence-corrected chi connectivity index (χ4v) is 1.75. The molecule has 0 spiro atoms. The highest BCUT2D eigenvalue weighted by atomic mass is 16.5. The molecule has 1 aliphatic heterocycles. The van der Waals surface area contributed by atoms with Gasteiger partial charge in [-0.1, -0.05) is 0 Å². The van der Waals surface area contributed by atoms with Gasteiger partial charge in [0, 0.05) is 12.2 Å². The number of ether oxygens (including phenoxy) is 2. The maximum atomic E-state index is 11.4. The number of carbonyl (C=O) groups excluding carboxylic acids is 2. The van der Waals surface area contributed by atoms with Crippen LogP contribution in [0.3, 0.4) is 0 Å². The number of rotatable bonds is 5. The molecule has 1 heterocycles. The van der Waals surface area contributed by atoms with Crippen LogP contribution >= 0.6 is 0 Å². The van der Waals surface area contributed by atoms with Crippen LogP contribution in [0.2, 0.25) is 0 Å². The van der Waals surface area contributed by atoms with Gasteiger partial charge in [0.2, 0.25) is 0 Å². The monoisotopic (exact) mass is 264 g/mol. The van der Waals surface area contributed by atoms with E-state index >= 15 is 0 Å². The van der Waals surface area contributed by atoms with E-state index in [1.807, 2.05) is 0 Å². The molecule has 102 valence electrons. The molecule has 0 saturated carbocycles. The van der Waals surface area contributed by atoms with Gasteiger partial charge >= 0.3 is 0 Å². The minimum absolute atomic E-state index is 0.0233. The van der Waals surface area contributed by atoms with Crippen molar-refractivity contribution in [2.75, 3.05) is 32.1 Å². The van der Waals surface area contributed by atoms with E-state index in [0.717, 1.165) is 0 Å². The van der Waals surface area contributed by atoms with E-state index in [1.54, 1.807) is 24.3 Å². The maximum Gasteiger partial charge on any atom is 0.255 e. The summed E-state index contributed by atoms with van der Waals surface area (Å²) in [6.07, 6.45) is 0.585. The summed E-state index contributed by atoms with van der Waals surface area (Å²) in [4.78, 5) is 24.1. The molecule has 0 aromatic heterocycles. The number of benzene rings is 1. The Morgan fingerprint density at radius 2 is 1.79 bits per heavy atom. The van der Waals surface area contributed by atoms with E-state index in [9.17, 15) is 9.59 Å². The van der Waals surface area contributed by atoms with Crippen molar-refractivity contribution < 1.29 is 19.1 Å². The van der Waals surface area contributed by atoms with Gasteiger partial charge in [-0.05, 0) is 30.7 Å². The van der Waals surface area contributed by atoms with Gasteiger partial charge in [-0.25, -0.2) is 0 Å². The summed E-state index contributed by atoms with van der Waals surface area (Å²) in [7, 11) is 0. The molecule has 19 heavy (non-hydrogen) atoms. The average Bonchev–Trinajstić information content (AvgIpc) is 2.39. The smallest absolute Gasteiger partial charge is 0.255 e. The van der Waals surface area contributed by atoms with Crippen molar-refractivity contribution in [3.05, 3.63) is 24.3 Å². The maximum absolute atomic E-state index is 11.4. The van der Waals surface area contributed by atoms with Crippen molar-refractivity contribution in [2.45, 2.75) is 6.42 Å². The molecule has 1 aromatic carbocycles. The Morgan fingerprint density at radius 3 is 2.42 bits per heavy atom. The third kappa shape index (κ3) is 3.69. The van der Waals surface area contributed by atoms with Crippen LogP contribution < -0.4 is 10.5 Å². The third-order valence-electron chi connectivity index (χ3n) is 2.73. The van der Waals surface area contributed by atoms with E-state index in [2.05, 4.69) is 0 Å². The molecule has 1 fully saturated rings. The first-order valence-corrected chi connectivity index (χ1v) is 6.06. The molecule has 6 nitrogen and oxygen atoms in total. The fraction of sp³-hybridized carbons (Fsp3) is 0.385. The van der Waals surface area contributed by atoms with Crippen molar-refractivity contribution in [1.82, 2.24) is 4.90 Å². The van der Waals surface area contributed by atoms with Gasteiger partial charge in [0.05, 0.1) is 6.61 Å². The largest absolute Gasteiger partial charge is 0.494 e. The Bertz CT molecular complexity index is 442. The predicted octanol–water partition coefficient (Wildman–Crippen LogP) is 0.423. The number of nitrogens with two attached hydrogens (primary N) is 1. The first kappa shape index (κ1) is 13.4. The van der Waals surface area contributed by atoms with Gasteiger partial charge in [-0.2, -0.15) is 0 Å². The first-order valence-electron chi connectivity index (χ1n) is 6.06. The van der Waals surface area contributed by atoms with Crippen LogP contribution in [-0.2, 0) is 14.3 Å². The molecule has 0 atom stereocenters. The number of hydrogen-bond donors (Lipinski definition) is 1. The number of carbonyl (C=O) groups is 2. The lowest BCUT2D eigenvalue weighted by Crippen LogP contribution is -2.46. The number of hydrogen-bond acceptors (Lipinski definition) is 5. The summed E-state index contributed by atoms with van der Waals surface area (Å²) >= 11 is 0. The molecule has 0 bridgehead atoms. The Labute approximate surface area is 111 Å². The normalized spacial score (nSPS) is 15.7. The number of morpholine rings is 1. The summed E-state index contributed by atoms with van der Waals surface area (Å²) in [6.45, 7) is 0.743. The summed E-state index contributed by atoms with van der Waals surface area (Å²) in [6, 6.07) is 7.06. The zero-order valence-electron chi connectivity index (χ0n) is 10.5. The molecular weight excluding hydrogens is 248 g/mol. The molecule has 1 aromatic rings. The standard InChI is InChI=1S/C13H16N2O4/c14-10-2-4-11(5-3-10)19-7-1-6-15-12(16)8-18-9-13(15)17/h2-5H,1,6-9,14H2.